The Morgan fingerprint density at radius 3 is 2.24 bits per heavy atom. The lowest BCUT2D eigenvalue weighted by Crippen LogP contribution is -2.56. The lowest BCUT2D eigenvalue weighted by atomic mass is 9.99. The monoisotopic (exact) mass is 320 g/mol. The van der Waals surface area contributed by atoms with E-state index in [1.807, 2.05) is 0 Å². The molecule has 0 radical (unpaired) electrons. The number of hydrogen-bond acceptors (Lipinski definition) is 5. The maximum Gasteiger partial charge on any atom is 0.308 e. The molecule has 21 heavy (non-hydrogen) atoms. The fraction of sp³-hybridized carbons (Fsp3) is 0.833. The van der Waals surface area contributed by atoms with Gasteiger partial charge in [-0.3, -0.25) is 9.59 Å². The third kappa shape index (κ3) is 3.53. The molecule has 0 atom stereocenters. The third-order valence-electron chi connectivity index (χ3n) is 4.03. The SMILES string of the molecule is COC(=O)C1CCN(S(=O)(=O)N2CC(CC(=O)O)C2)CC1. The van der Waals surface area contributed by atoms with Crippen molar-refractivity contribution in [3.05, 3.63) is 0 Å². The molecule has 0 aromatic carbocycles. The topological polar surface area (TPSA) is 104 Å². The van der Waals surface area contributed by atoms with Crippen LogP contribution in [0.4, 0.5) is 0 Å². The van der Waals surface area contributed by atoms with Gasteiger partial charge in [0.05, 0.1) is 19.4 Å². The van der Waals surface area contributed by atoms with Crippen molar-refractivity contribution in [2.45, 2.75) is 19.3 Å². The molecule has 2 aliphatic heterocycles. The van der Waals surface area contributed by atoms with E-state index in [9.17, 15) is 18.0 Å². The highest BCUT2D eigenvalue weighted by molar-refractivity contribution is 7.86. The van der Waals surface area contributed by atoms with Gasteiger partial charge in [0, 0.05) is 26.2 Å². The van der Waals surface area contributed by atoms with E-state index in [0.717, 1.165) is 0 Å². The largest absolute Gasteiger partial charge is 0.481 e. The summed E-state index contributed by atoms with van der Waals surface area (Å²) in [5.74, 6) is -1.55. The van der Waals surface area contributed by atoms with Gasteiger partial charge in [0.2, 0.25) is 0 Å². The zero-order valence-corrected chi connectivity index (χ0v) is 12.7. The van der Waals surface area contributed by atoms with Gasteiger partial charge in [-0.1, -0.05) is 0 Å². The average Bonchev–Trinajstić information content (AvgIpc) is 2.41. The highest BCUT2D eigenvalue weighted by Crippen LogP contribution is 2.28. The van der Waals surface area contributed by atoms with Crippen LogP contribution in [-0.2, 0) is 24.5 Å². The van der Waals surface area contributed by atoms with E-state index in [0.29, 0.717) is 25.9 Å². The van der Waals surface area contributed by atoms with Gasteiger partial charge in [0.15, 0.2) is 0 Å². The Kier molecular flexibility index (Phi) is 4.84. The van der Waals surface area contributed by atoms with Crippen LogP contribution in [0.25, 0.3) is 0 Å². The van der Waals surface area contributed by atoms with E-state index < -0.39 is 16.2 Å². The summed E-state index contributed by atoms with van der Waals surface area (Å²) in [5, 5.41) is 8.67. The van der Waals surface area contributed by atoms with Gasteiger partial charge in [-0.2, -0.15) is 17.0 Å². The quantitative estimate of drug-likeness (QED) is 0.686. The number of hydrogen-bond donors (Lipinski definition) is 1. The van der Waals surface area contributed by atoms with Crippen LogP contribution in [0.15, 0.2) is 0 Å². The Balaban J connectivity index is 1.85. The zero-order chi connectivity index (χ0) is 15.6. The second-order valence-electron chi connectivity index (χ2n) is 5.49. The molecule has 8 nitrogen and oxygen atoms in total. The van der Waals surface area contributed by atoms with Crippen molar-refractivity contribution in [1.29, 1.82) is 0 Å². The normalized spacial score (nSPS) is 22.7. The average molecular weight is 320 g/mol. The predicted octanol–water partition coefficient (Wildman–Crippen LogP) is -0.477. The molecular weight excluding hydrogens is 300 g/mol. The number of carboxylic acids is 1. The van der Waals surface area contributed by atoms with Crippen LogP contribution >= 0.6 is 0 Å². The Labute approximate surface area is 123 Å². The summed E-state index contributed by atoms with van der Waals surface area (Å²) in [6.07, 6.45) is 0.910. The summed E-state index contributed by atoms with van der Waals surface area (Å²) >= 11 is 0. The first-order valence-electron chi connectivity index (χ1n) is 6.89. The molecule has 120 valence electrons. The van der Waals surface area contributed by atoms with Crippen LogP contribution in [-0.4, -0.2) is 67.4 Å². The van der Waals surface area contributed by atoms with Gasteiger partial charge in [-0.05, 0) is 18.8 Å². The fourth-order valence-electron chi connectivity index (χ4n) is 2.74. The zero-order valence-electron chi connectivity index (χ0n) is 11.9. The van der Waals surface area contributed by atoms with Gasteiger partial charge < -0.3 is 9.84 Å². The molecule has 2 fully saturated rings. The van der Waals surface area contributed by atoms with Crippen molar-refractivity contribution < 1.29 is 27.9 Å². The second kappa shape index (κ2) is 6.29. The van der Waals surface area contributed by atoms with E-state index in [1.54, 1.807) is 0 Å². The lowest BCUT2D eigenvalue weighted by Gasteiger charge is -2.41. The van der Waals surface area contributed by atoms with Crippen molar-refractivity contribution in [2.24, 2.45) is 11.8 Å². The molecular formula is C12H20N2O6S. The summed E-state index contributed by atoms with van der Waals surface area (Å²) in [4.78, 5) is 22.0. The van der Waals surface area contributed by atoms with Crippen molar-refractivity contribution in [3.63, 3.8) is 0 Å². The van der Waals surface area contributed by atoms with E-state index in [-0.39, 0.29) is 37.3 Å². The molecule has 1 N–H and O–H groups in total. The number of ether oxygens (including phenoxy) is 1. The molecule has 0 aromatic rings. The number of carbonyl (C=O) groups excluding carboxylic acids is 1. The van der Waals surface area contributed by atoms with E-state index in [2.05, 4.69) is 4.74 Å². The molecule has 0 spiro atoms. The van der Waals surface area contributed by atoms with Crippen LogP contribution in [0, 0.1) is 11.8 Å². The maximum absolute atomic E-state index is 12.3. The summed E-state index contributed by atoms with van der Waals surface area (Å²) < 4.78 is 32.0. The Bertz CT molecular complexity index is 506. The molecule has 0 saturated carbocycles. The predicted molar refractivity (Wildman–Crippen MR) is 72.5 cm³/mol. The third-order valence-corrected chi connectivity index (χ3v) is 6.00. The van der Waals surface area contributed by atoms with Crippen LogP contribution in [0.2, 0.25) is 0 Å². The minimum Gasteiger partial charge on any atom is -0.481 e. The van der Waals surface area contributed by atoms with Crippen LogP contribution in [0.5, 0.6) is 0 Å². The van der Waals surface area contributed by atoms with Crippen molar-refractivity contribution >= 4 is 22.1 Å². The first-order valence-corrected chi connectivity index (χ1v) is 8.29. The highest BCUT2D eigenvalue weighted by Gasteiger charge is 2.41. The van der Waals surface area contributed by atoms with Crippen LogP contribution in [0.1, 0.15) is 19.3 Å². The van der Waals surface area contributed by atoms with Gasteiger partial charge in [-0.25, -0.2) is 0 Å². The molecule has 0 aliphatic carbocycles. The van der Waals surface area contributed by atoms with Crippen molar-refractivity contribution in [2.75, 3.05) is 33.3 Å². The number of carbonyl (C=O) groups is 2. The van der Waals surface area contributed by atoms with Crippen LogP contribution in [0.3, 0.4) is 0 Å². The maximum atomic E-state index is 12.3. The van der Waals surface area contributed by atoms with E-state index in [1.165, 1.54) is 15.7 Å². The summed E-state index contributed by atoms with van der Waals surface area (Å²) in [6.45, 7) is 1.10. The molecule has 2 saturated heterocycles. The number of esters is 1. The fourth-order valence-corrected chi connectivity index (χ4v) is 4.54. The molecule has 0 aromatic heterocycles. The van der Waals surface area contributed by atoms with Gasteiger partial charge >= 0.3 is 11.9 Å². The number of aliphatic carboxylic acids is 1. The van der Waals surface area contributed by atoms with Crippen molar-refractivity contribution in [1.82, 2.24) is 8.61 Å². The minimum absolute atomic E-state index is 0.00354. The first-order chi connectivity index (χ1) is 9.84. The standard InChI is InChI=1S/C12H20N2O6S/c1-20-12(17)10-2-4-13(5-3-10)21(18,19)14-7-9(8-14)6-11(15)16/h9-10H,2-8H2,1H3,(H,15,16). The number of carboxylic acid groups (broad SMARTS) is 1. The Morgan fingerprint density at radius 1 is 1.19 bits per heavy atom. The molecule has 2 rings (SSSR count). The molecule has 9 heteroatoms. The number of piperidine rings is 1. The Hall–Kier alpha value is -1.19. The first kappa shape index (κ1) is 16.2. The van der Waals surface area contributed by atoms with Crippen LogP contribution < -0.4 is 0 Å². The number of nitrogens with zero attached hydrogens (tertiary/aromatic N) is 2. The molecule has 0 bridgehead atoms. The smallest absolute Gasteiger partial charge is 0.308 e. The molecule has 2 heterocycles. The highest BCUT2D eigenvalue weighted by atomic mass is 32.2. The summed E-state index contributed by atoms with van der Waals surface area (Å²) in [6, 6.07) is 0. The van der Waals surface area contributed by atoms with Crippen molar-refractivity contribution in [3.8, 4) is 0 Å². The second-order valence-corrected chi connectivity index (χ2v) is 7.41. The van der Waals surface area contributed by atoms with Gasteiger partial charge in [0.1, 0.15) is 0 Å². The molecule has 0 amide bonds. The number of methoxy groups -OCH3 is 1. The number of rotatable bonds is 5. The molecule has 0 unspecified atom stereocenters. The summed E-state index contributed by atoms with van der Waals surface area (Å²) in [7, 11) is -2.20. The van der Waals surface area contributed by atoms with E-state index >= 15 is 0 Å². The van der Waals surface area contributed by atoms with Gasteiger partial charge in [-0.15, -0.1) is 0 Å². The van der Waals surface area contributed by atoms with Gasteiger partial charge in [0.25, 0.3) is 10.2 Å². The minimum atomic E-state index is -3.53. The lowest BCUT2D eigenvalue weighted by molar-refractivity contribution is -0.146. The molecule has 2 aliphatic rings. The van der Waals surface area contributed by atoms with E-state index in [4.69, 9.17) is 5.11 Å². The summed E-state index contributed by atoms with van der Waals surface area (Å²) in [5.41, 5.74) is 0. The Morgan fingerprint density at radius 2 is 1.76 bits per heavy atom.